The molecule has 80 valence electrons. The van der Waals surface area contributed by atoms with Crippen molar-refractivity contribution in [3.8, 4) is 0 Å². The van der Waals surface area contributed by atoms with Crippen LogP contribution in [0.3, 0.4) is 0 Å². The van der Waals surface area contributed by atoms with E-state index in [0.717, 1.165) is 11.4 Å². The van der Waals surface area contributed by atoms with Crippen LogP contribution in [-0.2, 0) is 0 Å². The zero-order chi connectivity index (χ0) is 10.1. The maximum absolute atomic E-state index is 3.52. The predicted molar refractivity (Wildman–Crippen MR) is 68.1 cm³/mol. The first-order valence-electron chi connectivity index (χ1n) is 5.09. The van der Waals surface area contributed by atoms with Crippen LogP contribution >= 0.6 is 27.7 Å². The molecule has 0 rings (SSSR count). The van der Waals surface area contributed by atoms with Crippen molar-refractivity contribution in [2.75, 3.05) is 30.4 Å². The van der Waals surface area contributed by atoms with Gasteiger partial charge in [0.15, 0.2) is 0 Å². The van der Waals surface area contributed by atoms with Crippen molar-refractivity contribution in [3.05, 3.63) is 0 Å². The molecule has 0 unspecified atom stereocenters. The van der Waals surface area contributed by atoms with Gasteiger partial charge in [0.05, 0.1) is 0 Å². The lowest BCUT2D eigenvalue weighted by molar-refractivity contribution is 0.210. The predicted octanol–water partition coefficient (Wildman–Crippen LogP) is 3.23. The smallest absolute Gasteiger partial charge is 0.0159 e. The third-order valence-corrected chi connectivity index (χ3v) is 3.36. The number of halogens is 1. The Bertz CT molecular complexity index is 107. The summed E-state index contributed by atoms with van der Waals surface area (Å²) >= 11 is 5.46. The molecule has 0 spiro atoms. The summed E-state index contributed by atoms with van der Waals surface area (Å²) in [7, 11) is 0. The van der Waals surface area contributed by atoms with E-state index >= 15 is 0 Å². The van der Waals surface area contributed by atoms with Gasteiger partial charge in [-0.1, -0.05) is 29.8 Å². The van der Waals surface area contributed by atoms with Gasteiger partial charge in [-0.05, 0) is 19.1 Å². The molecular weight excluding hydrogens is 246 g/mol. The van der Waals surface area contributed by atoms with Gasteiger partial charge in [0.1, 0.15) is 0 Å². The Morgan fingerprint density at radius 1 is 1.23 bits per heavy atom. The molecule has 0 saturated heterocycles. The molecule has 0 aromatic rings. The molecule has 0 N–H and O–H groups in total. The topological polar surface area (TPSA) is 3.24 Å². The Morgan fingerprint density at radius 3 is 2.23 bits per heavy atom. The third-order valence-electron chi connectivity index (χ3n) is 2.41. The molecule has 0 heterocycles. The molecule has 0 aromatic carbocycles. The molecule has 1 nitrogen and oxygen atoms in total. The largest absolute Gasteiger partial charge is 0.299 e. The first kappa shape index (κ1) is 13.8. The summed E-state index contributed by atoms with van der Waals surface area (Å²) in [5, 5.41) is 1.10. The Morgan fingerprint density at radius 2 is 1.85 bits per heavy atom. The number of rotatable bonds is 8. The highest BCUT2D eigenvalue weighted by atomic mass is 79.9. The second-order valence-electron chi connectivity index (χ2n) is 3.19. The van der Waals surface area contributed by atoms with Crippen molar-refractivity contribution in [1.29, 1.82) is 0 Å². The molecular formula is C10H22BrNS. The van der Waals surface area contributed by atoms with Gasteiger partial charge >= 0.3 is 0 Å². The van der Waals surface area contributed by atoms with Crippen LogP contribution in [0.5, 0.6) is 0 Å². The fourth-order valence-corrected chi connectivity index (χ4v) is 2.47. The molecule has 0 aliphatic rings. The average molecular weight is 268 g/mol. The van der Waals surface area contributed by atoms with Crippen molar-refractivity contribution in [1.82, 2.24) is 4.90 Å². The van der Waals surface area contributed by atoms with Crippen LogP contribution in [-0.4, -0.2) is 41.4 Å². The average Bonchev–Trinajstić information content (AvgIpc) is 2.16. The summed E-state index contributed by atoms with van der Waals surface area (Å²) in [6, 6.07) is 0.782. The van der Waals surface area contributed by atoms with Crippen LogP contribution in [0, 0.1) is 0 Å². The summed E-state index contributed by atoms with van der Waals surface area (Å²) in [6.07, 6.45) is 4.73. The van der Waals surface area contributed by atoms with Crippen molar-refractivity contribution in [2.24, 2.45) is 0 Å². The van der Waals surface area contributed by atoms with Gasteiger partial charge in [-0.25, -0.2) is 0 Å². The zero-order valence-corrected chi connectivity index (χ0v) is 11.5. The minimum absolute atomic E-state index is 0.782. The molecule has 0 atom stereocenters. The second-order valence-corrected chi connectivity index (χ2v) is 4.97. The van der Waals surface area contributed by atoms with Crippen LogP contribution in [0.2, 0.25) is 0 Å². The molecule has 13 heavy (non-hydrogen) atoms. The molecule has 0 aromatic heterocycles. The van der Waals surface area contributed by atoms with Crippen LogP contribution < -0.4 is 0 Å². The van der Waals surface area contributed by atoms with Gasteiger partial charge in [-0.15, -0.1) is 0 Å². The highest BCUT2D eigenvalue weighted by Crippen LogP contribution is 2.09. The Labute approximate surface area is 95.8 Å². The lowest BCUT2D eigenvalue weighted by Gasteiger charge is -2.29. The Balaban J connectivity index is 3.88. The number of thioether (sulfide) groups is 1. The lowest BCUT2D eigenvalue weighted by Crippen LogP contribution is -2.37. The quantitative estimate of drug-likeness (QED) is 0.622. The molecule has 0 fully saturated rings. The molecule has 0 bridgehead atoms. The maximum atomic E-state index is 3.52. The molecule has 0 aliphatic carbocycles. The van der Waals surface area contributed by atoms with E-state index in [1.54, 1.807) is 0 Å². The van der Waals surface area contributed by atoms with Gasteiger partial charge in [0.2, 0.25) is 0 Å². The monoisotopic (exact) mass is 267 g/mol. The summed E-state index contributed by atoms with van der Waals surface area (Å²) < 4.78 is 0. The van der Waals surface area contributed by atoms with Gasteiger partial charge in [-0.2, -0.15) is 11.8 Å². The van der Waals surface area contributed by atoms with Crippen LogP contribution in [0.25, 0.3) is 0 Å². The fraction of sp³-hybridized carbons (Fsp3) is 1.00. The van der Waals surface area contributed by atoms with Crippen LogP contribution in [0.1, 0.15) is 26.7 Å². The van der Waals surface area contributed by atoms with E-state index in [1.807, 2.05) is 11.8 Å². The van der Waals surface area contributed by atoms with E-state index in [1.165, 1.54) is 31.7 Å². The van der Waals surface area contributed by atoms with Crippen LogP contribution in [0.4, 0.5) is 0 Å². The van der Waals surface area contributed by atoms with E-state index < -0.39 is 0 Å². The summed E-state index contributed by atoms with van der Waals surface area (Å²) in [5.74, 6) is 1.25. The summed E-state index contributed by atoms with van der Waals surface area (Å²) in [4.78, 5) is 2.60. The lowest BCUT2D eigenvalue weighted by atomic mass is 10.1. The van der Waals surface area contributed by atoms with Crippen LogP contribution in [0.15, 0.2) is 0 Å². The highest BCUT2D eigenvalue weighted by molar-refractivity contribution is 9.09. The van der Waals surface area contributed by atoms with E-state index in [4.69, 9.17) is 0 Å². The standard InChI is InChI=1S/C10H22BrNS/c1-4-10(5-2)12(7-6-11)8-9-13-3/h10H,4-9H2,1-3H3. The normalized spacial score (nSPS) is 11.5. The number of nitrogens with zero attached hydrogens (tertiary/aromatic N) is 1. The summed E-state index contributed by atoms with van der Waals surface area (Å²) in [6.45, 7) is 7.00. The summed E-state index contributed by atoms with van der Waals surface area (Å²) in [5.41, 5.74) is 0. The molecule has 0 saturated carbocycles. The van der Waals surface area contributed by atoms with E-state index in [2.05, 4.69) is 40.9 Å². The van der Waals surface area contributed by atoms with Gasteiger partial charge in [0.25, 0.3) is 0 Å². The minimum Gasteiger partial charge on any atom is -0.299 e. The van der Waals surface area contributed by atoms with Gasteiger partial charge < -0.3 is 0 Å². The zero-order valence-electron chi connectivity index (χ0n) is 9.05. The van der Waals surface area contributed by atoms with Crippen molar-refractivity contribution in [3.63, 3.8) is 0 Å². The first-order chi connectivity index (χ1) is 6.29. The SMILES string of the molecule is CCC(CC)N(CCBr)CCSC. The molecule has 0 aliphatic heterocycles. The van der Waals surface area contributed by atoms with Gasteiger partial charge in [0, 0.05) is 30.2 Å². The second kappa shape index (κ2) is 9.35. The van der Waals surface area contributed by atoms with E-state index in [-0.39, 0.29) is 0 Å². The molecule has 3 heteroatoms. The van der Waals surface area contributed by atoms with Crippen molar-refractivity contribution in [2.45, 2.75) is 32.7 Å². The fourth-order valence-electron chi connectivity index (χ4n) is 1.60. The van der Waals surface area contributed by atoms with E-state index in [9.17, 15) is 0 Å². The number of alkyl halides is 1. The van der Waals surface area contributed by atoms with E-state index in [0.29, 0.717) is 0 Å². The maximum Gasteiger partial charge on any atom is 0.0159 e. The number of hydrogen-bond acceptors (Lipinski definition) is 2. The Kier molecular flexibility index (Phi) is 9.92. The Hall–Kier alpha value is 0.790. The molecule has 0 amide bonds. The minimum atomic E-state index is 0.782. The first-order valence-corrected chi connectivity index (χ1v) is 7.60. The highest BCUT2D eigenvalue weighted by Gasteiger charge is 2.12. The van der Waals surface area contributed by atoms with Crippen molar-refractivity contribution >= 4 is 27.7 Å². The molecule has 0 radical (unpaired) electrons. The van der Waals surface area contributed by atoms with Gasteiger partial charge in [-0.3, -0.25) is 4.90 Å². The van der Waals surface area contributed by atoms with Crippen molar-refractivity contribution < 1.29 is 0 Å². The third kappa shape index (κ3) is 5.97. The number of hydrogen-bond donors (Lipinski definition) is 0.